The molecule has 0 radical (unpaired) electrons. The third-order valence-corrected chi connectivity index (χ3v) is 3.24. The second-order valence-corrected chi connectivity index (χ2v) is 4.07. The van der Waals surface area contributed by atoms with E-state index in [1.807, 2.05) is 0 Å². The van der Waals surface area contributed by atoms with Crippen LogP contribution in [0.4, 0.5) is 4.79 Å². The van der Waals surface area contributed by atoms with Crippen LogP contribution in [0, 0.1) is 0 Å². The van der Waals surface area contributed by atoms with E-state index in [9.17, 15) is 4.79 Å². The molecule has 3 aliphatic rings. The molecular formula is C10H13N3O2. The number of carbonyl (C=O) groups is 1. The van der Waals surface area contributed by atoms with Crippen LogP contribution in [0.3, 0.4) is 0 Å². The van der Waals surface area contributed by atoms with Gasteiger partial charge >= 0.3 is 6.09 Å². The van der Waals surface area contributed by atoms with Gasteiger partial charge in [-0.3, -0.25) is 9.89 Å². The Bertz CT molecular complexity index is 356. The molecule has 80 valence electrons. The summed E-state index contributed by atoms with van der Waals surface area (Å²) in [5.74, 6) is 0. The van der Waals surface area contributed by atoms with Crippen LogP contribution in [0.5, 0.6) is 0 Å². The minimum atomic E-state index is -0.403. The summed E-state index contributed by atoms with van der Waals surface area (Å²) in [4.78, 5) is 17.5. The maximum atomic E-state index is 11.7. The molecule has 3 rings (SSSR count). The fraction of sp³-hybridized carbons (Fsp3) is 0.600. The minimum Gasteiger partial charge on any atom is -0.436 e. The molecule has 0 aliphatic carbocycles. The van der Waals surface area contributed by atoms with Gasteiger partial charge in [0, 0.05) is 19.1 Å². The molecule has 0 unspecified atom stereocenters. The van der Waals surface area contributed by atoms with Crippen molar-refractivity contribution in [2.45, 2.75) is 18.4 Å². The van der Waals surface area contributed by atoms with Crippen LogP contribution in [0.1, 0.15) is 12.8 Å². The number of hydrogen-bond acceptors (Lipinski definition) is 4. The van der Waals surface area contributed by atoms with Gasteiger partial charge in [0.2, 0.25) is 0 Å². The van der Waals surface area contributed by atoms with E-state index in [2.05, 4.69) is 10.3 Å². The molecule has 5 heteroatoms. The number of hydrogen-bond donors (Lipinski definition) is 1. The Kier molecular flexibility index (Phi) is 1.82. The molecule has 1 spiro atoms. The van der Waals surface area contributed by atoms with E-state index in [-0.39, 0.29) is 6.09 Å². The molecule has 0 saturated carbocycles. The Morgan fingerprint density at radius 1 is 1.47 bits per heavy atom. The molecule has 2 saturated heterocycles. The minimum absolute atomic E-state index is 0.227. The van der Waals surface area contributed by atoms with Crippen LogP contribution in [-0.4, -0.2) is 42.4 Å². The van der Waals surface area contributed by atoms with E-state index < -0.39 is 5.60 Å². The third kappa shape index (κ3) is 1.19. The molecule has 15 heavy (non-hydrogen) atoms. The van der Waals surface area contributed by atoms with Gasteiger partial charge in [0.15, 0.2) is 5.60 Å². The Morgan fingerprint density at radius 2 is 2.27 bits per heavy atom. The first-order valence-corrected chi connectivity index (χ1v) is 5.25. The highest BCUT2D eigenvalue weighted by molar-refractivity contribution is 5.80. The lowest BCUT2D eigenvalue weighted by atomic mass is 9.89. The topological polar surface area (TPSA) is 53.9 Å². The summed E-state index contributed by atoms with van der Waals surface area (Å²) in [7, 11) is 0. The number of aliphatic imine (C=N–C) groups is 1. The Morgan fingerprint density at radius 3 is 3.07 bits per heavy atom. The molecule has 1 amide bonds. The Balaban J connectivity index is 1.98. The monoisotopic (exact) mass is 207 g/mol. The van der Waals surface area contributed by atoms with E-state index in [1.54, 1.807) is 17.3 Å². The summed E-state index contributed by atoms with van der Waals surface area (Å²) in [5.41, 5.74) is 0.539. The van der Waals surface area contributed by atoms with Gasteiger partial charge in [-0.25, -0.2) is 4.79 Å². The number of rotatable bonds is 0. The van der Waals surface area contributed by atoms with Crippen molar-refractivity contribution in [2.24, 2.45) is 4.99 Å². The number of carbonyl (C=O) groups excluding carboxylic acids is 1. The highest BCUT2D eigenvalue weighted by Crippen LogP contribution is 2.40. The van der Waals surface area contributed by atoms with Crippen LogP contribution in [-0.2, 0) is 4.74 Å². The molecular weight excluding hydrogens is 194 g/mol. The van der Waals surface area contributed by atoms with Crippen LogP contribution in [0.25, 0.3) is 0 Å². The van der Waals surface area contributed by atoms with Crippen LogP contribution < -0.4 is 5.32 Å². The van der Waals surface area contributed by atoms with E-state index in [4.69, 9.17) is 4.74 Å². The first-order chi connectivity index (χ1) is 7.32. The van der Waals surface area contributed by atoms with E-state index in [0.717, 1.165) is 31.6 Å². The number of ether oxygens (including phenoxy) is 1. The van der Waals surface area contributed by atoms with Crippen molar-refractivity contribution in [3.8, 4) is 0 Å². The first kappa shape index (κ1) is 8.91. The first-order valence-electron chi connectivity index (χ1n) is 5.25. The quantitative estimate of drug-likeness (QED) is 0.629. The van der Waals surface area contributed by atoms with E-state index in [1.165, 1.54) is 0 Å². The predicted octanol–water partition coefficient (Wildman–Crippen LogP) is 0.487. The fourth-order valence-electron chi connectivity index (χ4n) is 2.42. The van der Waals surface area contributed by atoms with E-state index >= 15 is 0 Å². The summed E-state index contributed by atoms with van der Waals surface area (Å²) in [6.45, 7) is 2.32. The van der Waals surface area contributed by atoms with Gasteiger partial charge in [0.1, 0.15) is 0 Å². The SMILES string of the molecule is O=C1OC2(CCNCC2)C2=CN=CCN12. The number of nitrogens with zero attached hydrogens (tertiary/aromatic N) is 2. The zero-order valence-electron chi connectivity index (χ0n) is 8.40. The molecule has 1 N–H and O–H groups in total. The summed E-state index contributed by atoms with van der Waals surface area (Å²) in [5, 5.41) is 3.27. The number of nitrogens with one attached hydrogen (secondary N) is 1. The third-order valence-electron chi connectivity index (χ3n) is 3.24. The lowest BCUT2D eigenvalue weighted by Crippen LogP contribution is -2.44. The summed E-state index contributed by atoms with van der Waals surface area (Å²) in [6.07, 6.45) is 4.95. The van der Waals surface area contributed by atoms with Gasteiger partial charge in [-0.2, -0.15) is 0 Å². The van der Waals surface area contributed by atoms with E-state index in [0.29, 0.717) is 6.54 Å². The van der Waals surface area contributed by atoms with Crippen LogP contribution in [0.2, 0.25) is 0 Å². The Hall–Kier alpha value is -1.36. The number of fused-ring (bicyclic) bond motifs is 2. The largest absolute Gasteiger partial charge is 0.436 e. The smallest absolute Gasteiger partial charge is 0.415 e. The maximum absolute atomic E-state index is 11.7. The van der Waals surface area contributed by atoms with Gasteiger partial charge in [-0.05, 0) is 13.1 Å². The fourth-order valence-corrected chi connectivity index (χ4v) is 2.42. The standard InChI is InChI=1S/C10H13N3O2/c14-9-13-6-5-12-7-8(13)10(15-9)1-3-11-4-2-10/h5,7,11H,1-4,6H2. The summed E-state index contributed by atoms with van der Waals surface area (Å²) >= 11 is 0. The molecule has 2 fully saturated rings. The molecule has 0 atom stereocenters. The highest BCUT2D eigenvalue weighted by atomic mass is 16.6. The van der Waals surface area contributed by atoms with Gasteiger partial charge in [0.25, 0.3) is 0 Å². The van der Waals surface area contributed by atoms with Crippen molar-refractivity contribution < 1.29 is 9.53 Å². The molecule has 0 aromatic carbocycles. The van der Waals surface area contributed by atoms with Gasteiger partial charge in [-0.1, -0.05) is 0 Å². The summed E-state index contributed by atoms with van der Waals surface area (Å²) in [6, 6.07) is 0. The average Bonchev–Trinajstić information content (AvgIpc) is 2.55. The van der Waals surface area contributed by atoms with Gasteiger partial charge in [0.05, 0.1) is 18.4 Å². The maximum Gasteiger partial charge on any atom is 0.415 e. The molecule has 0 bridgehead atoms. The van der Waals surface area contributed by atoms with Crippen LogP contribution in [0.15, 0.2) is 16.9 Å². The predicted molar refractivity (Wildman–Crippen MR) is 54.6 cm³/mol. The molecule has 0 aromatic heterocycles. The lowest BCUT2D eigenvalue weighted by molar-refractivity contribution is 0.0453. The number of amides is 1. The zero-order chi connectivity index (χ0) is 10.3. The molecule has 3 aliphatic heterocycles. The molecule has 5 nitrogen and oxygen atoms in total. The zero-order valence-corrected chi connectivity index (χ0v) is 8.40. The highest BCUT2D eigenvalue weighted by Gasteiger charge is 2.50. The van der Waals surface area contributed by atoms with Crippen molar-refractivity contribution >= 4 is 12.3 Å². The molecule has 0 aromatic rings. The average molecular weight is 207 g/mol. The second kappa shape index (κ2) is 3.06. The van der Waals surface area contributed by atoms with Crippen molar-refractivity contribution in [1.82, 2.24) is 10.2 Å². The normalized spacial score (nSPS) is 27.6. The van der Waals surface area contributed by atoms with Crippen molar-refractivity contribution in [3.05, 3.63) is 11.9 Å². The lowest BCUT2D eigenvalue weighted by Gasteiger charge is -2.33. The Labute approximate surface area is 87.8 Å². The molecule has 3 heterocycles. The summed E-state index contributed by atoms with van der Waals surface area (Å²) < 4.78 is 5.54. The number of piperidine rings is 1. The van der Waals surface area contributed by atoms with Gasteiger partial charge < -0.3 is 10.1 Å². The van der Waals surface area contributed by atoms with Gasteiger partial charge in [-0.15, -0.1) is 0 Å². The van der Waals surface area contributed by atoms with Crippen molar-refractivity contribution in [2.75, 3.05) is 19.6 Å². The van der Waals surface area contributed by atoms with Crippen molar-refractivity contribution in [3.63, 3.8) is 0 Å². The second-order valence-electron chi connectivity index (χ2n) is 4.07. The van der Waals surface area contributed by atoms with Crippen LogP contribution >= 0.6 is 0 Å². The van der Waals surface area contributed by atoms with Crippen molar-refractivity contribution in [1.29, 1.82) is 0 Å².